The first-order chi connectivity index (χ1) is 8.27. The van der Waals surface area contributed by atoms with Crippen molar-refractivity contribution in [3.63, 3.8) is 0 Å². The van der Waals surface area contributed by atoms with Crippen LogP contribution < -0.4 is 10.6 Å². The van der Waals surface area contributed by atoms with E-state index < -0.39 is 6.10 Å². The van der Waals surface area contributed by atoms with Crippen molar-refractivity contribution in [2.75, 3.05) is 13.1 Å². The standard InChI is InChI=1S/C12H18N2O2S.ClH/c15-11(9-4-6-17-8-9)7-14-12(16)10-3-1-2-5-13-10;/h4,6,8,10-11,13,15H,1-3,5,7H2,(H,14,16);1H/t10-,11?;/m1./s1. The van der Waals surface area contributed by atoms with Gasteiger partial charge in [-0.2, -0.15) is 11.3 Å². The van der Waals surface area contributed by atoms with Gasteiger partial charge >= 0.3 is 0 Å². The van der Waals surface area contributed by atoms with Gasteiger partial charge in [-0.05, 0) is 41.8 Å². The molecule has 6 heteroatoms. The molecule has 0 radical (unpaired) electrons. The Morgan fingerprint density at radius 2 is 2.44 bits per heavy atom. The number of amides is 1. The molecule has 0 spiro atoms. The van der Waals surface area contributed by atoms with Crippen LogP contribution in [0.1, 0.15) is 30.9 Å². The van der Waals surface area contributed by atoms with Crippen LogP contribution >= 0.6 is 23.7 Å². The van der Waals surface area contributed by atoms with E-state index in [4.69, 9.17) is 0 Å². The van der Waals surface area contributed by atoms with Gasteiger partial charge in [0, 0.05) is 6.54 Å². The molecule has 4 nitrogen and oxygen atoms in total. The Morgan fingerprint density at radius 3 is 3.06 bits per heavy atom. The minimum atomic E-state index is -0.603. The first kappa shape index (κ1) is 15.4. The Kier molecular flexibility index (Phi) is 6.63. The maximum absolute atomic E-state index is 11.8. The van der Waals surface area contributed by atoms with E-state index >= 15 is 0 Å². The van der Waals surface area contributed by atoms with E-state index in [0.29, 0.717) is 0 Å². The average Bonchev–Trinajstić information content (AvgIpc) is 2.90. The van der Waals surface area contributed by atoms with Crippen LogP contribution in [0.2, 0.25) is 0 Å². The number of halogens is 1. The van der Waals surface area contributed by atoms with E-state index in [0.717, 1.165) is 31.4 Å². The second-order valence-corrected chi connectivity index (χ2v) is 5.10. The molecule has 18 heavy (non-hydrogen) atoms. The zero-order valence-corrected chi connectivity index (χ0v) is 11.7. The fourth-order valence-corrected chi connectivity index (χ4v) is 2.69. The third kappa shape index (κ3) is 4.24. The Morgan fingerprint density at radius 1 is 1.61 bits per heavy atom. The number of hydrogen-bond donors (Lipinski definition) is 3. The fraction of sp³-hybridized carbons (Fsp3) is 0.583. The maximum Gasteiger partial charge on any atom is 0.237 e. The summed E-state index contributed by atoms with van der Waals surface area (Å²) in [5, 5.41) is 19.6. The lowest BCUT2D eigenvalue weighted by Gasteiger charge is -2.23. The number of rotatable bonds is 4. The summed E-state index contributed by atoms with van der Waals surface area (Å²) in [5.41, 5.74) is 0.868. The molecule has 1 amide bonds. The zero-order chi connectivity index (χ0) is 12.1. The number of piperidine rings is 1. The molecule has 1 fully saturated rings. The molecule has 2 rings (SSSR count). The van der Waals surface area contributed by atoms with Gasteiger partial charge in [0.2, 0.25) is 5.91 Å². The summed E-state index contributed by atoms with van der Waals surface area (Å²) in [4.78, 5) is 11.8. The van der Waals surface area contributed by atoms with Crippen LogP contribution in [0.4, 0.5) is 0 Å². The van der Waals surface area contributed by atoms with Crippen LogP contribution in [-0.2, 0) is 4.79 Å². The lowest BCUT2D eigenvalue weighted by atomic mass is 10.0. The third-order valence-corrected chi connectivity index (χ3v) is 3.73. The molecule has 2 atom stereocenters. The van der Waals surface area contributed by atoms with Crippen LogP contribution in [0.25, 0.3) is 0 Å². The topological polar surface area (TPSA) is 61.4 Å². The molecule has 1 aromatic heterocycles. The first-order valence-corrected chi connectivity index (χ1v) is 6.93. The van der Waals surface area contributed by atoms with Gasteiger partial charge in [-0.1, -0.05) is 6.42 Å². The molecule has 1 aliphatic heterocycles. The lowest BCUT2D eigenvalue weighted by molar-refractivity contribution is -0.124. The van der Waals surface area contributed by atoms with Crippen molar-refractivity contribution in [3.05, 3.63) is 22.4 Å². The summed E-state index contributed by atoms with van der Waals surface area (Å²) in [6.45, 7) is 1.19. The first-order valence-electron chi connectivity index (χ1n) is 5.98. The van der Waals surface area contributed by atoms with E-state index in [1.54, 1.807) is 11.3 Å². The molecular weight excluding hydrogens is 272 g/mol. The number of hydrogen-bond acceptors (Lipinski definition) is 4. The quantitative estimate of drug-likeness (QED) is 0.787. The SMILES string of the molecule is Cl.O=C(NCC(O)c1ccsc1)[C@H]1CCCCN1. The number of nitrogens with one attached hydrogen (secondary N) is 2. The smallest absolute Gasteiger partial charge is 0.237 e. The van der Waals surface area contributed by atoms with Gasteiger partial charge in [0.15, 0.2) is 0 Å². The van der Waals surface area contributed by atoms with Gasteiger partial charge in [0.25, 0.3) is 0 Å². The largest absolute Gasteiger partial charge is 0.387 e. The highest BCUT2D eigenvalue weighted by atomic mass is 35.5. The van der Waals surface area contributed by atoms with E-state index in [1.807, 2.05) is 16.8 Å². The van der Waals surface area contributed by atoms with E-state index in [2.05, 4.69) is 10.6 Å². The van der Waals surface area contributed by atoms with Crippen LogP contribution in [-0.4, -0.2) is 30.1 Å². The minimum Gasteiger partial charge on any atom is -0.387 e. The molecule has 3 N–H and O–H groups in total. The summed E-state index contributed by atoms with van der Waals surface area (Å²) in [7, 11) is 0. The summed E-state index contributed by atoms with van der Waals surface area (Å²) in [6.07, 6.45) is 2.52. The van der Waals surface area contributed by atoms with Crippen LogP contribution in [0.3, 0.4) is 0 Å². The summed E-state index contributed by atoms with van der Waals surface area (Å²) in [6, 6.07) is 1.79. The molecule has 0 aliphatic carbocycles. The molecule has 0 aromatic carbocycles. The number of thiophene rings is 1. The van der Waals surface area contributed by atoms with Crippen LogP contribution in [0.5, 0.6) is 0 Å². The highest BCUT2D eigenvalue weighted by Crippen LogP contribution is 2.15. The van der Waals surface area contributed by atoms with Gasteiger partial charge in [0.05, 0.1) is 12.1 Å². The van der Waals surface area contributed by atoms with Gasteiger partial charge in [0.1, 0.15) is 0 Å². The normalized spacial score (nSPS) is 20.8. The van der Waals surface area contributed by atoms with Crippen molar-refractivity contribution >= 4 is 29.7 Å². The molecule has 1 aliphatic rings. The van der Waals surface area contributed by atoms with Crippen molar-refractivity contribution in [1.82, 2.24) is 10.6 Å². The predicted octanol–water partition coefficient (Wildman–Crippen LogP) is 1.46. The van der Waals surface area contributed by atoms with Crippen molar-refractivity contribution in [3.8, 4) is 0 Å². The summed E-state index contributed by atoms with van der Waals surface area (Å²) >= 11 is 1.55. The number of carbonyl (C=O) groups is 1. The molecule has 1 aromatic rings. The highest BCUT2D eigenvalue weighted by molar-refractivity contribution is 7.07. The van der Waals surface area contributed by atoms with Crippen LogP contribution in [0.15, 0.2) is 16.8 Å². The second-order valence-electron chi connectivity index (χ2n) is 4.32. The van der Waals surface area contributed by atoms with E-state index in [9.17, 15) is 9.90 Å². The van der Waals surface area contributed by atoms with Crippen molar-refractivity contribution in [2.24, 2.45) is 0 Å². The molecule has 102 valence electrons. The lowest BCUT2D eigenvalue weighted by Crippen LogP contribution is -2.47. The average molecular weight is 291 g/mol. The maximum atomic E-state index is 11.8. The molecule has 0 bridgehead atoms. The van der Waals surface area contributed by atoms with Gasteiger partial charge in [-0.25, -0.2) is 0 Å². The Labute approximate surface area is 117 Å². The zero-order valence-electron chi connectivity index (χ0n) is 10.1. The highest BCUT2D eigenvalue weighted by Gasteiger charge is 2.20. The molecular formula is C12H19ClN2O2S. The van der Waals surface area contributed by atoms with Crippen LogP contribution in [0, 0.1) is 0 Å². The third-order valence-electron chi connectivity index (χ3n) is 3.02. The fourth-order valence-electron chi connectivity index (χ4n) is 1.98. The van der Waals surface area contributed by atoms with Gasteiger partial charge in [-0.3, -0.25) is 4.79 Å². The van der Waals surface area contributed by atoms with Crippen molar-refractivity contribution < 1.29 is 9.90 Å². The van der Waals surface area contributed by atoms with Gasteiger partial charge < -0.3 is 15.7 Å². The van der Waals surface area contributed by atoms with E-state index in [-0.39, 0.29) is 30.9 Å². The molecule has 1 saturated heterocycles. The van der Waals surface area contributed by atoms with Crippen molar-refractivity contribution in [1.29, 1.82) is 0 Å². The monoisotopic (exact) mass is 290 g/mol. The van der Waals surface area contributed by atoms with E-state index in [1.165, 1.54) is 0 Å². The number of carbonyl (C=O) groups excluding carboxylic acids is 1. The Hall–Kier alpha value is -0.620. The van der Waals surface area contributed by atoms with Gasteiger partial charge in [-0.15, -0.1) is 12.4 Å². The minimum absolute atomic E-state index is 0. The molecule has 2 heterocycles. The predicted molar refractivity (Wildman–Crippen MR) is 75.2 cm³/mol. The Balaban J connectivity index is 0.00000162. The summed E-state index contributed by atoms with van der Waals surface area (Å²) in [5.74, 6) is -0.000945. The number of aliphatic hydroxyl groups excluding tert-OH is 1. The molecule has 0 saturated carbocycles. The number of aliphatic hydroxyl groups is 1. The summed E-state index contributed by atoms with van der Waals surface area (Å²) < 4.78 is 0. The second kappa shape index (κ2) is 7.74. The Bertz CT molecular complexity index is 353. The molecule has 1 unspecified atom stereocenters. The van der Waals surface area contributed by atoms with Crippen molar-refractivity contribution in [2.45, 2.75) is 31.4 Å².